The van der Waals surface area contributed by atoms with Gasteiger partial charge in [0.2, 0.25) is 0 Å². The lowest BCUT2D eigenvalue weighted by Gasteiger charge is -2.08. The lowest BCUT2D eigenvalue weighted by molar-refractivity contribution is 0.306. The van der Waals surface area contributed by atoms with Crippen LogP contribution in [-0.4, -0.2) is 0 Å². The van der Waals surface area contributed by atoms with Crippen LogP contribution in [0.3, 0.4) is 0 Å². The highest BCUT2D eigenvalue weighted by atomic mass is 79.9. The van der Waals surface area contributed by atoms with Crippen molar-refractivity contribution in [2.24, 2.45) is 0 Å². The van der Waals surface area contributed by atoms with Gasteiger partial charge in [-0.15, -0.1) is 0 Å². The third kappa shape index (κ3) is 2.49. The van der Waals surface area contributed by atoms with Gasteiger partial charge in [-0.05, 0) is 34.9 Å². The standard InChI is InChI=1S/C16H13BrO/c17-15-8-13-6-7-16(10-14(13)9-15)18-11-12-4-2-1-3-5-12/h1-8,10H,9,11H2. The predicted octanol–water partition coefficient (Wildman–Crippen LogP) is 4.56. The fraction of sp³-hybridized carbons (Fsp3) is 0.125. The average molecular weight is 301 g/mol. The number of hydrogen-bond donors (Lipinski definition) is 0. The van der Waals surface area contributed by atoms with Gasteiger partial charge in [-0.1, -0.05) is 52.3 Å². The first kappa shape index (κ1) is 11.5. The molecular formula is C16H13BrO. The molecule has 0 fully saturated rings. The molecule has 0 saturated carbocycles. The molecule has 0 amide bonds. The molecule has 3 rings (SSSR count). The number of ether oxygens (including phenoxy) is 1. The summed E-state index contributed by atoms with van der Waals surface area (Å²) in [5, 5.41) is 0. The summed E-state index contributed by atoms with van der Waals surface area (Å²) in [6.07, 6.45) is 3.13. The van der Waals surface area contributed by atoms with E-state index in [2.05, 4.69) is 46.3 Å². The highest BCUT2D eigenvalue weighted by Gasteiger charge is 2.11. The molecular weight excluding hydrogens is 288 g/mol. The van der Waals surface area contributed by atoms with E-state index in [9.17, 15) is 0 Å². The van der Waals surface area contributed by atoms with Gasteiger partial charge in [0, 0.05) is 10.9 Å². The molecule has 0 heterocycles. The maximum Gasteiger partial charge on any atom is 0.120 e. The summed E-state index contributed by atoms with van der Waals surface area (Å²) in [6, 6.07) is 16.5. The molecule has 0 aromatic heterocycles. The van der Waals surface area contributed by atoms with Crippen LogP contribution in [0.25, 0.3) is 6.08 Å². The van der Waals surface area contributed by atoms with Gasteiger partial charge in [0.1, 0.15) is 12.4 Å². The van der Waals surface area contributed by atoms with Crippen molar-refractivity contribution in [3.8, 4) is 5.75 Å². The molecule has 1 nitrogen and oxygen atoms in total. The first-order chi connectivity index (χ1) is 8.81. The number of halogens is 1. The molecule has 18 heavy (non-hydrogen) atoms. The van der Waals surface area contributed by atoms with Crippen LogP contribution in [0.2, 0.25) is 0 Å². The maximum absolute atomic E-state index is 5.81. The Hall–Kier alpha value is -1.54. The average Bonchev–Trinajstić information content (AvgIpc) is 2.77. The van der Waals surface area contributed by atoms with Crippen LogP contribution in [-0.2, 0) is 13.0 Å². The van der Waals surface area contributed by atoms with Crippen molar-refractivity contribution >= 4 is 22.0 Å². The third-order valence-electron chi connectivity index (χ3n) is 3.03. The molecule has 1 aliphatic rings. The highest BCUT2D eigenvalue weighted by molar-refractivity contribution is 9.11. The van der Waals surface area contributed by atoms with Crippen LogP contribution in [0.15, 0.2) is 53.0 Å². The van der Waals surface area contributed by atoms with Crippen LogP contribution >= 0.6 is 15.9 Å². The van der Waals surface area contributed by atoms with Gasteiger partial charge in [-0.3, -0.25) is 0 Å². The molecule has 2 heteroatoms. The van der Waals surface area contributed by atoms with Crippen molar-refractivity contribution in [2.75, 3.05) is 0 Å². The minimum Gasteiger partial charge on any atom is -0.489 e. The quantitative estimate of drug-likeness (QED) is 0.807. The fourth-order valence-corrected chi connectivity index (χ4v) is 2.66. The SMILES string of the molecule is BrC1=Cc2ccc(OCc3ccccc3)cc2C1. The molecule has 0 bridgehead atoms. The number of fused-ring (bicyclic) bond motifs is 1. The second kappa shape index (κ2) is 4.99. The Morgan fingerprint density at radius 1 is 1.06 bits per heavy atom. The zero-order valence-corrected chi connectivity index (χ0v) is 11.5. The summed E-state index contributed by atoms with van der Waals surface area (Å²) in [7, 11) is 0. The Balaban J connectivity index is 1.71. The number of rotatable bonds is 3. The molecule has 0 spiro atoms. The number of benzene rings is 2. The van der Waals surface area contributed by atoms with Crippen molar-refractivity contribution in [1.29, 1.82) is 0 Å². The van der Waals surface area contributed by atoms with Crippen molar-refractivity contribution in [3.63, 3.8) is 0 Å². The summed E-state index contributed by atoms with van der Waals surface area (Å²) >= 11 is 3.54. The van der Waals surface area contributed by atoms with Crippen LogP contribution < -0.4 is 4.74 Å². The predicted molar refractivity (Wildman–Crippen MR) is 77.8 cm³/mol. The Bertz CT molecular complexity index is 587. The monoisotopic (exact) mass is 300 g/mol. The van der Waals surface area contributed by atoms with Crippen molar-refractivity contribution in [3.05, 3.63) is 69.7 Å². The van der Waals surface area contributed by atoms with Gasteiger partial charge >= 0.3 is 0 Å². The van der Waals surface area contributed by atoms with Gasteiger partial charge in [-0.25, -0.2) is 0 Å². The topological polar surface area (TPSA) is 9.23 Å². The lowest BCUT2D eigenvalue weighted by atomic mass is 10.1. The van der Waals surface area contributed by atoms with Crippen LogP contribution in [0.4, 0.5) is 0 Å². The van der Waals surface area contributed by atoms with Gasteiger partial charge in [-0.2, -0.15) is 0 Å². The smallest absolute Gasteiger partial charge is 0.120 e. The Morgan fingerprint density at radius 2 is 1.89 bits per heavy atom. The zero-order valence-electron chi connectivity index (χ0n) is 9.90. The van der Waals surface area contributed by atoms with E-state index in [1.54, 1.807) is 0 Å². The summed E-state index contributed by atoms with van der Waals surface area (Å²) in [4.78, 5) is 0. The Morgan fingerprint density at radius 3 is 2.72 bits per heavy atom. The molecule has 0 atom stereocenters. The lowest BCUT2D eigenvalue weighted by Crippen LogP contribution is -1.95. The summed E-state index contributed by atoms with van der Waals surface area (Å²) in [5.74, 6) is 0.938. The van der Waals surface area contributed by atoms with E-state index in [-0.39, 0.29) is 0 Å². The van der Waals surface area contributed by atoms with Crippen molar-refractivity contribution in [2.45, 2.75) is 13.0 Å². The molecule has 90 valence electrons. The highest BCUT2D eigenvalue weighted by Crippen LogP contribution is 2.31. The Labute approximate surface area is 115 Å². The van der Waals surface area contributed by atoms with Gasteiger partial charge < -0.3 is 4.74 Å². The fourth-order valence-electron chi connectivity index (χ4n) is 2.11. The van der Waals surface area contributed by atoms with Gasteiger partial charge in [0.15, 0.2) is 0 Å². The molecule has 0 radical (unpaired) electrons. The third-order valence-corrected chi connectivity index (χ3v) is 3.54. The second-order valence-corrected chi connectivity index (χ2v) is 5.42. The van der Waals surface area contributed by atoms with E-state index in [1.807, 2.05) is 24.3 Å². The van der Waals surface area contributed by atoms with Crippen LogP contribution in [0, 0.1) is 0 Å². The van der Waals surface area contributed by atoms with E-state index >= 15 is 0 Å². The summed E-state index contributed by atoms with van der Waals surface area (Å²) in [5.41, 5.74) is 3.80. The molecule has 0 unspecified atom stereocenters. The van der Waals surface area contributed by atoms with E-state index in [0.29, 0.717) is 6.61 Å². The number of allylic oxidation sites excluding steroid dienone is 1. The van der Waals surface area contributed by atoms with E-state index in [0.717, 1.165) is 12.2 Å². The molecule has 0 aliphatic heterocycles. The minimum absolute atomic E-state index is 0.619. The minimum atomic E-state index is 0.619. The second-order valence-electron chi connectivity index (χ2n) is 4.40. The van der Waals surface area contributed by atoms with Crippen molar-refractivity contribution in [1.82, 2.24) is 0 Å². The molecule has 0 saturated heterocycles. The number of hydrogen-bond acceptors (Lipinski definition) is 1. The van der Waals surface area contributed by atoms with E-state index < -0.39 is 0 Å². The first-order valence-corrected chi connectivity index (χ1v) is 6.76. The van der Waals surface area contributed by atoms with E-state index in [1.165, 1.54) is 21.2 Å². The van der Waals surface area contributed by atoms with Crippen molar-refractivity contribution < 1.29 is 4.74 Å². The molecule has 2 aromatic rings. The van der Waals surface area contributed by atoms with Gasteiger partial charge in [0.25, 0.3) is 0 Å². The molecule has 0 N–H and O–H groups in total. The van der Waals surface area contributed by atoms with Gasteiger partial charge in [0.05, 0.1) is 0 Å². The van der Waals surface area contributed by atoms with Crippen LogP contribution in [0.1, 0.15) is 16.7 Å². The molecule has 2 aromatic carbocycles. The maximum atomic E-state index is 5.81. The first-order valence-electron chi connectivity index (χ1n) is 5.97. The molecule has 1 aliphatic carbocycles. The summed E-state index contributed by atoms with van der Waals surface area (Å²) < 4.78 is 7.05. The zero-order chi connectivity index (χ0) is 12.4. The van der Waals surface area contributed by atoms with Crippen LogP contribution in [0.5, 0.6) is 5.75 Å². The Kier molecular flexibility index (Phi) is 3.20. The van der Waals surface area contributed by atoms with E-state index in [4.69, 9.17) is 4.74 Å². The summed E-state index contributed by atoms with van der Waals surface area (Å²) in [6.45, 7) is 0.619. The normalized spacial score (nSPS) is 13.1. The largest absolute Gasteiger partial charge is 0.489 e.